The van der Waals surface area contributed by atoms with Gasteiger partial charge in [0.25, 0.3) is 0 Å². The van der Waals surface area contributed by atoms with Crippen molar-refractivity contribution in [2.24, 2.45) is 0 Å². The second-order valence-corrected chi connectivity index (χ2v) is 3.73. The molecule has 0 aromatic heterocycles. The predicted molar refractivity (Wildman–Crippen MR) is 50.0 cm³/mol. The Labute approximate surface area is 77.3 Å². The van der Waals surface area contributed by atoms with Gasteiger partial charge in [-0.25, -0.2) is 0 Å². The van der Waals surface area contributed by atoms with E-state index in [1.54, 1.807) is 0 Å². The molecule has 0 N–H and O–H groups in total. The second kappa shape index (κ2) is 2.67. The zero-order valence-electron chi connectivity index (χ0n) is 7.17. The summed E-state index contributed by atoms with van der Waals surface area (Å²) < 4.78 is 5.62. The largest absolute Gasteiger partial charge is 0.490 e. The van der Waals surface area contributed by atoms with Crippen LogP contribution in [0.3, 0.4) is 0 Å². The Morgan fingerprint density at radius 2 is 2.08 bits per heavy atom. The van der Waals surface area contributed by atoms with E-state index < -0.39 is 0 Å². The minimum absolute atomic E-state index is 0.276. The third kappa shape index (κ3) is 1.09. The van der Waals surface area contributed by atoms with Crippen LogP contribution in [0.15, 0.2) is 18.2 Å². The number of fused-ring (bicyclic) bond motifs is 1. The number of halogens is 1. The number of benzene rings is 1. The van der Waals surface area contributed by atoms with Gasteiger partial charge in [-0.2, -0.15) is 0 Å². The van der Waals surface area contributed by atoms with Crippen LogP contribution in [0.1, 0.15) is 25.3 Å². The Hall–Kier alpha value is -0.690. The van der Waals surface area contributed by atoms with Crippen LogP contribution in [-0.4, -0.2) is 6.10 Å². The Bertz CT molecular complexity index is 309. The van der Waals surface area contributed by atoms with Crippen LogP contribution >= 0.6 is 11.6 Å². The fourth-order valence-electron chi connectivity index (χ4n) is 1.54. The number of hydrogen-bond donors (Lipinski definition) is 0. The molecule has 0 aliphatic carbocycles. The van der Waals surface area contributed by atoms with Crippen LogP contribution in [0.2, 0.25) is 5.02 Å². The summed E-state index contributed by atoms with van der Waals surface area (Å²) in [7, 11) is 0. The molecule has 0 amide bonds. The zero-order chi connectivity index (χ0) is 8.72. The molecule has 1 aromatic rings. The van der Waals surface area contributed by atoms with E-state index in [9.17, 15) is 0 Å². The molecule has 64 valence electrons. The van der Waals surface area contributed by atoms with E-state index in [0.717, 1.165) is 10.8 Å². The Morgan fingerprint density at radius 1 is 1.33 bits per heavy atom. The van der Waals surface area contributed by atoms with Crippen LogP contribution in [0, 0.1) is 0 Å². The van der Waals surface area contributed by atoms with Crippen molar-refractivity contribution in [2.45, 2.75) is 25.9 Å². The molecule has 0 saturated heterocycles. The lowest BCUT2D eigenvalue weighted by Gasteiger charge is -2.06. The van der Waals surface area contributed by atoms with Gasteiger partial charge in [-0.15, -0.1) is 0 Å². The summed E-state index contributed by atoms with van der Waals surface area (Å²) >= 11 is 5.84. The lowest BCUT2D eigenvalue weighted by Crippen LogP contribution is -2.10. The van der Waals surface area contributed by atoms with Gasteiger partial charge in [-0.3, -0.25) is 0 Å². The summed E-state index contributed by atoms with van der Waals surface area (Å²) in [6, 6.07) is 5.85. The molecule has 1 heterocycles. The summed E-state index contributed by atoms with van der Waals surface area (Å²) in [4.78, 5) is 0. The van der Waals surface area contributed by atoms with E-state index in [1.165, 1.54) is 5.56 Å². The number of rotatable bonds is 0. The molecule has 12 heavy (non-hydrogen) atoms. The molecule has 0 fully saturated rings. The first-order chi connectivity index (χ1) is 5.68. The molecular weight excluding hydrogens is 172 g/mol. The van der Waals surface area contributed by atoms with Crippen molar-refractivity contribution in [3.63, 3.8) is 0 Å². The first-order valence-electron chi connectivity index (χ1n) is 4.14. The Kier molecular flexibility index (Phi) is 1.76. The van der Waals surface area contributed by atoms with Crippen LogP contribution < -0.4 is 4.74 Å². The van der Waals surface area contributed by atoms with E-state index in [0.29, 0.717) is 5.92 Å². The predicted octanol–water partition coefficient (Wildman–Crippen LogP) is 3.22. The molecular formula is C10H11ClO. The minimum atomic E-state index is 0.276. The Morgan fingerprint density at radius 3 is 2.83 bits per heavy atom. The summed E-state index contributed by atoms with van der Waals surface area (Å²) in [5, 5.41) is 0.745. The van der Waals surface area contributed by atoms with Gasteiger partial charge >= 0.3 is 0 Å². The van der Waals surface area contributed by atoms with Crippen molar-refractivity contribution >= 4 is 11.6 Å². The highest BCUT2D eigenvalue weighted by Crippen LogP contribution is 2.38. The van der Waals surface area contributed by atoms with Crippen molar-refractivity contribution < 1.29 is 4.74 Å². The number of ether oxygens (including phenoxy) is 1. The molecule has 1 nitrogen and oxygen atoms in total. The third-order valence-corrected chi connectivity index (χ3v) is 2.72. The third-order valence-electron chi connectivity index (χ3n) is 2.48. The van der Waals surface area contributed by atoms with Crippen molar-refractivity contribution in [1.82, 2.24) is 0 Å². The van der Waals surface area contributed by atoms with Crippen molar-refractivity contribution in [1.29, 1.82) is 0 Å². The molecule has 0 radical (unpaired) electrons. The number of hydrogen-bond acceptors (Lipinski definition) is 1. The van der Waals surface area contributed by atoms with Gasteiger partial charge in [0.05, 0.1) is 0 Å². The van der Waals surface area contributed by atoms with Crippen molar-refractivity contribution in [3.8, 4) is 5.75 Å². The van der Waals surface area contributed by atoms with E-state index in [-0.39, 0.29) is 6.10 Å². The summed E-state index contributed by atoms with van der Waals surface area (Å²) in [6.45, 7) is 4.25. The van der Waals surface area contributed by atoms with Crippen LogP contribution in [0.5, 0.6) is 5.75 Å². The summed E-state index contributed by atoms with van der Waals surface area (Å²) in [5.41, 5.74) is 1.27. The molecule has 2 unspecified atom stereocenters. The fraction of sp³-hybridized carbons (Fsp3) is 0.400. The highest BCUT2D eigenvalue weighted by molar-refractivity contribution is 6.30. The average molecular weight is 183 g/mol. The lowest BCUT2D eigenvalue weighted by atomic mass is 9.99. The maximum Gasteiger partial charge on any atom is 0.124 e. The zero-order valence-corrected chi connectivity index (χ0v) is 7.93. The molecule has 0 saturated carbocycles. The Balaban J connectivity index is 2.47. The maximum atomic E-state index is 5.84. The highest BCUT2D eigenvalue weighted by Gasteiger charge is 2.26. The molecule has 2 rings (SSSR count). The van der Waals surface area contributed by atoms with Crippen molar-refractivity contribution in [2.75, 3.05) is 0 Å². The molecule has 2 atom stereocenters. The quantitative estimate of drug-likeness (QED) is 0.599. The smallest absolute Gasteiger partial charge is 0.124 e. The summed E-state index contributed by atoms with van der Waals surface area (Å²) in [6.07, 6.45) is 0.276. The van der Waals surface area contributed by atoms with E-state index in [4.69, 9.17) is 16.3 Å². The minimum Gasteiger partial charge on any atom is -0.490 e. The molecule has 2 heteroatoms. The molecule has 0 spiro atoms. The topological polar surface area (TPSA) is 9.23 Å². The molecule has 1 aliphatic rings. The van der Waals surface area contributed by atoms with Crippen LogP contribution in [-0.2, 0) is 0 Å². The van der Waals surface area contributed by atoms with E-state index in [1.807, 2.05) is 18.2 Å². The van der Waals surface area contributed by atoms with Gasteiger partial charge in [-0.1, -0.05) is 24.6 Å². The van der Waals surface area contributed by atoms with Gasteiger partial charge in [-0.05, 0) is 19.1 Å². The lowest BCUT2D eigenvalue weighted by molar-refractivity contribution is 0.232. The van der Waals surface area contributed by atoms with Gasteiger partial charge in [0.1, 0.15) is 11.9 Å². The van der Waals surface area contributed by atoms with Gasteiger partial charge in [0.2, 0.25) is 0 Å². The van der Waals surface area contributed by atoms with Crippen molar-refractivity contribution in [3.05, 3.63) is 28.8 Å². The monoisotopic (exact) mass is 182 g/mol. The van der Waals surface area contributed by atoms with E-state index >= 15 is 0 Å². The first kappa shape index (κ1) is 7.93. The van der Waals surface area contributed by atoms with Gasteiger partial charge in [0.15, 0.2) is 0 Å². The second-order valence-electron chi connectivity index (χ2n) is 3.29. The highest BCUT2D eigenvalue weighted by atomic mass is 35.5. The standard InChI is InChI=1S/C10H11ClO/c1-6-7(2)12-10-5-8(11)3-4-9(6)10/h3-7H,1-2H3. The fourth-order valence-corrected chi connectivity index (χ4v) is 1.70. The molecule has 1 aliphatic heterocycles. The normalized spacial score (nSPS) is 26.6. The molecule has 0 bridgehead atoms. The first-order valence-corrected chi connectivity index (χ1v) is 4.52. The van der Waals surface area contributed by atoms with Crippen LogP contribution in [0.25, 0.3) is 0 Å². The summed E-state index contributed by atoms with van der Waals surface area (Å²) in [5.74, 6) is 1.43. The van der Waals surface area contributed by atoms with Gasteiger partial charge < -0.3 is 4.74 Å². The maximum absolute atomic E-state index is 5.84. The van der Waals surface area contributed by atoms with Crippen LogP contribution in [0.4, 0.5) is 0 Å². The molecule has 1 aromatic carbocycles. The SMILES string of the molecule is CC1Oc2cc(Cl)ccc2C1C. The average Bonchev–Trinajstić information content (AvgIpc) is 2.28. The van der Waals surface area contributed by atoms with Gasteiger partial charge in [0, 0.05) is 16.5 Å². The van der Waals surface area contributed by atoms with E-state index in [2.05, 4.69) is 13.8 Å².